The van der Waals surface area contributed by atoms with Gasteiger partial charge in [0.05, 0.1) is 6.54 Å². The summed E-state index contributed by atoms with van der Waals surface area (Å²) in [5, 5.41) is 8.32. The molecule has 1 aromatic heterocycles. The molecule has 2 heterocycles. The van der Waals surface area contributed by atoms with Gasteiger partial charge in [-0.1, -0.05) is 0 Å². The number of thiophene rings is 1. The van der Waals surface area contributed by atoms with E-state index in [0.717, 1.165) is 43.6 Å². The first-order chi connectivity index (χ1) is 8.74. The number of piperazine rings is 1. The largest absolute Gasteiger partial charge is 0.355 e. The number of nitrogens with one attached hydrogen (secondary N) is 2. The summed E-state index contributed by atoms with van der Waals surface area (Å²) in [7, 11) is 0. The highest BCUT2D eigenvalue weighted by Gasteiger charge is 2.12. The summed E-state index contributed by atoms with van der Waals surface area (Å²) in [6.07, 6.45) is 0.906. The monoisotopic (exact) mass is 331 g/mol. The number of halogens is 1. The van der Waals surface area contributed by atoms with Crippen molar-refractivity contribution in [3.8, 4) is 0 Å². The SMILES string of the molecule is O=C(CN1CCNCC1)NCCc1cc(Br)cs1. The fourth-order valence-electron chi connectivity index (χ4n) is 1.94. The summed E-state index contributed by atoms with van der Waals surface area (Å²) in [6, 6.07) is 2.10. The third-order valence-electron chi connectivity index (χ3n) is 2.89. The first-order valence-corrected chi connectivity index (χ1v) is 7.84. The van der Waals surface area contributed by atoms with Gasteiger partial charge in [-0.3, -0.25) is 9.69 Å². The number of amides is 1. The number of carbonyl (C=O) groups is 1. The highest BCUT2D eigenvalue weighted by Crippen LogP contribution is 2.19. The first-order valence-electron chi connectivity index (χ1n) is 6.17. The predicted molar refractivity (Wildman–Crippen MR) is 78.0 cm³/mol. The van der Waals surface area contributed by atoms with Crippen molar-refractivity contribution in [3.63, 3.8) is 0 Å². The molecule has 0 radical (unpaired) electrons. The summed E-state index contributed by atoms with van der Waals surface area (Å²) in [5.74, 6) is 0.132. The van der Waals surface area contributed by atoms with Crippen molar-refractivity contribution in [1.82, 2.24) is 15.5 Å². The number of hydrogen-bond donors (Lipinski definition) is 2. The smallest absolute Gasteiger partial charge is 0.234 e. The van der Waals surface area contributed by atoms with E-state index in [2.05, 4.69) is 42.9 Å². The third-order valence-corrected chi connectivity index (χ3v) is 4.65. The Labute approximate surface area is 120 Å². The summed E-state index contributed by atoms with van der Waals surface area (Å²) < 4.78 is 1.12. The molecule has 0 atom stereocenters. The minimum absolute atomic E-state index is 0.132. The molecule has 100 valence electrons. The van der Waals surface area contributed by atoms with E-state index in [-0.39, 0.29) is 5.91 Å². The molecule has 6 heteroatoms. The number of nitrogens with zero attached hydrogens (tertiary/aromatic N) is 1. The van der Waals surface area contributed by atoms with Gasteiger partial charge >= 0.3 is 0 Å². The van der Waals surface area contributed by atoms with E-state index in [4.69, 9.17) is 0 Å². The second-order valence-corrected chi connectivity index (χ2v) is 6.27. The second-order valence-electron chi connectivity index (χ2n) is 4.36. The van der Waals surface area contributed by atoms with Crippen LogP contribution in [0.1, 0.15) is 4.88 Å². The van der Waals surface area contributed by atoms with E-state index in [1.54, 1.807) is 11.3 Å². The molecule has 0 aliphatic carbocycles. The molecule has 2 N–H and O–H groups in total. The van der Waals surface area contributed by atoms with Crippen molar-refractivity contribution in [2.45, 2.75) is 6.42 Å². The molecule has 1 aromatic rings. The average molecular weight is 332 g/mol. The van der Waals surface area contributed by atoms with Crippen LogP contribution in [0.5, 0.6) is 0 Å². The van der Waals surface area contributed by atoms with Gasteiger partial charge in [0.1, 0.15) is 0 Å². The van der Waals surface area contributed by atoms with Crippen molar-refractivity contribution in [2.75, 3.05) is 39.3 Å². The van der Waals surface area contributed by atoms with Gasteiger partial charge in [-0.05, 0) is 28.4 Å². The minimum Gasteiger partial charge on any atom is -0.355 e. The van der Waals surface area contributed by atoms with Gasteiger partial charge in [-0.2, -0.15) is 0 Å². The highest BCUT2D eigenvalue weighted by molar-refractivity contribution is 9.10. The number of rotatable bonds is 5. The second kappa shape index (κ2) is 7.23. The van der Waals surface area contributed by atoms with E-state index < -0.39 is 0 Å². The molecule has 1 fully saturated rings. The lowest BCUT2D eigenvalue weighted by molar-refractivity contribution is -0.122. The zero-order valence-corrected chi connectivity index (χ0v) is 12.6. The Bertz CT molecular complexity index is 390. The molecular formula is C12H18BrN3OS. The Morgan fingerprint density at radius 2 is 2.28 bits per heavy atom. The fraction of sp³-hybridized carbons (Fsp3) is 0.583. The van der Waals surface area contributed by atoms with Gasteiger partial charge in [0.25, 0.3) is 0 Å². The van der Waals surface area contributed by atoms with Crippen molar-refractivity contribution in [2.24, 2.45) is 0 Å². The zero-order chi connectivity index (χ0) is 12.8. The van der Waals surface area contributed by atoms with Gasteiger partial charge in [-0.15, -0.1) is 11.3 Å². The van der Waals surface area contributed by atoms with Crippen LogP contribution in [0.3, 0.4) is 0 Å². The lowest BCUT2D eigenvalue weighted by atomic mass is 10.3. The van der Waals surface area contributed by atoms with Crippen LogP contribution in [-0.2, 0) is 11.2 Å². The molecule has 0 bridgehead atoms. The van der Waals surface area contributed by atoms with Crippen LogP contribution in [0.25, 0.3) is 0 Å². The van der Waals surface area contributed by atoms with Crippen LogP contribution < -0.4 is 10.6 Å². The Morgan fingerprint density at radius 1 is 1.50 bits per heavy atom. The van der Waals surface area contributed by atoms with Crippen LogP contribution in [0.2, 0.25) is 0 Å². The van der Waals surface area contributed by atoms with Gasteiger partial charge in [0, 0.05) is 47.5 Å². The Balaban J connectivity index is 1.62. The predicted octanol–water partition coefficient (Wildman–Crippen LogP) is 1.07. The maximum atomic E-state index is 11.7. The van der Waals surface area contributed by atoms with Gasteiger partial charge < -0.3 is 10.6 Å². The van der Waals surface area contributed by atoms with E-state index in [9.17, 15) is 4.79 Å². The van der Waals surface area contributed by atoms with Crippen molar-refractivity contribution in [1.29, 1.82) is 0 Å². The molecule has 1 aliphatic rings. The Kier molecular flexibility index (Phi) is 5.62. The van der Waals surface area contributed by atoms with Crippen LogP contribution in [0, 0.1) is 0 Å². The Hall–Kier alpha value is -0.430. The fourth-order valence-corrected chi connectivity index (χ4v) is 3.39. The van der Waals surface area contributed by atoms with E-state index >= 15 is 0 Å². The highest BCUT2D eigenvalue weighted by atomic mass is 79.9. The molecular weight excluding hydrogens is 314 g/mol. The molecule has 1 aliphatic heterocycles. The van der Waals surface area contributed by atoms with Gasteiger partial charge in [0.2, 0.25) is 5.91 Å². The van der Waals surface area contributed by atoms with E-state index in [1.165, 1.54) is 4.88 Å². The topological polar surface area (TPSA) is 44.4 Å². The Morgan fingerprint density at radius 3 is 2.94 bits per heavy atom. The maximum absolute atomic E-state index is 11.7. The number of carbonyl (C=O) groups excluding carboxylic acids is 1. The molecule has 18 heavy (non-hydrogen) atoms. The van der Waals surface area contributed by atoms with E-state index in [1.807, 2.05) is 0 Å². The average Bonchev–Trinajstić information content (AvgIpc) is 2.76. The minimum atomic E-state index is 0.132. The van der Waals surface area contributed by atoms with Crippen molar-refractivity contribution < 1.29 is 4.79 Å². The molecule has 1 saturated heterocycles. The zero-order valence-electron chi connectivity index (χ0n) is 10.2. The third kappa shape index (κ3) is 4.68. The van der Waals surface area contributed by atoms with Crippen LogP contribution in [0.4, 0.5) is 0 Å². The normalized spacial score (nSPS) is 16.7. The summed E-state index contributed by atoms with van der Waals surface area (Å²) >= 11 is 5.15. The molecule has 4 nitrogen and oxygen atoms in total. The lowest BCUT2D eigenvalue weighted by Gasteiger charge is -2.26. The molecule has 1 amide bonds. The van der Waals surface area contributed by atoms with Crippen LogP contribution >= 0.6 is 27.3 Å². The van der Waals surface area contributed by atoms with Crippen LogP contribution in [0.15, 0.2) is 15.9 Å². The van der Waals surface area contributed by atoms with E-state index in [0.29, 0.717) is 6.54 Å². The summed E-state index contributed by atoms with van der Waals surface area (Å²) in [4.78, 5) is 15.2. The van der Waals surface area contributed by atoms with Gasteiger partial charge in [-0.25, -0.2) is 0 Å². The molecule has 2 rings (SSSR count). The summed E-state index contributed by atoms with van der Waals surface area (Å²) in [6.45, 7) is 5.14. The van der Waals surface area contributed by atoms with Crippen LogP contribution in [-0.4, -0.2) is 50.1 Å². The molecule has 0 spiro atoms. The van der Waals surface area contributed by atoms with Gasteiger partial charge in [0.15, 0.2) is 0 Å². The first kappa shape index (κ1) is 14.0. The van der Waals surface area contributed by atoms with Crippen molar-refractivity contribution in [3.05, 3.63) is 20.8 Å². The number of hydrogen-bond acceptors (Lipinski definition) is 4. The maximum Gasteiger partial charge on any atom is 0.234 e. The summed E-state index contributed by atoms with van der Waals surface area (Å²) in [5.41, 5.74) is 0. The lowest BCUT2D eigenvalue weighted by Crippen LogP contribution is -2.47. The van der Waals surface area contributed by atoms with Crippen molar-refractivity contribution >= 4 is 33.2 Å². The molecule has 0 aromatic carbocycles. The standard InChI is InChI=1S/C12H18BrN3OS/c13-10-7-11(18-9-10)1-2-15-12(17)8-16-5-3-14-4-6-16/h7,9,14H,1-6,8H2,(H,15,17). The molecule has 0 unspecified atom stereocenters. The molecule has 0 saturated carbocycles. The quantitative estimate of drug-likeness (QED) is 0.848.